The van der Waals surface area contributed by atoms with Gasteiger partial charge in [0, 0.05) is 24.5 Å². The molecule has 0 saturated heterocycles. The topological polar surface area (TPSA) is 65.5 Å². The van der Waals surface area contributed by atoms with Crippen molar-refractivity contribution in [3.63, 3.8) is 0 Å². The van der Waals surface area contributed by atoms with Crippen molar-refractivity contribution in [3.05, 3.63) is 0 Å². The van der Waals surface area contributed by atoms with Crippen LogP contribution in [0.4, 0.5) is 0 Å². The lowest BCUT2D eigenvalue weighted by Crippen LogP contribution is -2.40. The second-order valence-corrected chi connectivity index (χ2v) is 5.69. The van der Waals surface area contributed by atoms with E-state index < -0.39 is 0 Å². The highest BCUT2D eigenvalue weighted by Gasteiger charge is 2.22. The molecule has 1 fully saturated rings. The Balaban J connectivity index is 2.25. The largest absolute Gasteiger partial charge is 0.357 e. The van der Waals surface area contributed by atoms with Crippen molar-refractivity contribution in [1.82, 2.24) is 16.0 Å². The minimum atomic E-state index is -0.333. The van der Waals surface area contributed by atoms with Gasteiger partial charge in [0.25, 0.3) is 0 Å². The predicted octanol–water partition coefficient (Wildman–Crippen LogP) is 0.866. The van der Waals surface area contributed by atoms with Gasteiger partial charge in [0.1, 0.15) is 0 Å². The highest BCUT2D eigenvalue weighted by Crippen LogP contribution is 2.18. The van der Waals surface area contributed by atoms with Gasteiger partial charge in [-0.25, -0.2) is 0 Å². The van der Waals surface area contributed by atoms with Crippen LogP contribution in [0.1, 0.15) is 40.5 Å². The summed E-state index contributed by atoms with van der Waals surface area (Å²) in [4.78, 5) is 16.1. The van der Waals surface area contributed by atoms with E-state index in [4.69, 9.17) is 0 Å². The highest BCUT2D eigenvalue weighted by molar-refractivity contribution is 5.81. The highest BCUT2D eigenvalue weighted by atomic mass is 16.2. The summed E-state index contributed by atoms with van der Waals surface area (Å²) in [5, 5.41) is 9.42. The molecule has 3 N–H and O–H groups in total. The summed E-state index contributed by atoms with van der Waals surface area (Å²) < 4.78 is 0. The normalized spacial score (nSPS) is 16.3. The van der Waals surface area contributed by atoms with Gasteiger partial charge in [0.15, 0.2) is 5.96 Å². The molecule has 1 amide bonds. The van der Waals surface area contributed by atoms with Crippen molar-refractivity contribution in [2.24, 2.45) is 10.4 Å². The Labute approximate surface area is 110 Å². The molecule has 0 radical (unpaired) electrons. The summed E-state index contributed by atoms with van der Waals surface area (Å²) in [7, 11) is 0. The van der Waals surface area contributed by atoms with Gasteiger partial charge in [0.05, 0.1) is 6.54 Å². The van der Waals surface area contributed by atoms with E-state index >= 15 is 0 Å². The summed E-state index contributed by atoms with van der Waals surface area (Å²) in [6, 6.07) is 0.590. The Kier molecular flexibility index (Phi) is 5.44. The number of hydrogen-bond acceptors (Lipinski definition) is 2. The third-order valence-electron chi connectivity index (χ3n) is 2.61. The fourth-order valence-electron chi connectivity index (χ4n) is 1.34. The lowest BCUT2D eigenvalue weighted by Gasteiger charge is -2.17. The second kappa shape index (κ2) is 6.61. The second-order valence-electron chi connectivity index (χ2n) is 5.69. The van der Waals surface area contributed by atoms with Gasteiger partial charge in [-0.05, 0) is 19.8 Å². The fourth-order valence-corrected chi connectivity index (χ4v) is 1.34. The molecule has 0 aliphatic heterocycles. The van der Waals surface area contributed by atoms with Crippen LogP contribution in [0.3, 0.4) is 0 Å². The Hall–Kier alpha value is -1.26. The molecule has 0 bridgehead atoms. The van der Waals surface area contributed by atoms with Crippen LogP contribution in [0.25, 0.3) is 0 Å². The van der Waals surface area contributed by atoms with Crippen molar-refractivity contribution in [1.29, 1.82) is 0 Å². The van der Waals surface area contributed by atoms with Crippen LogP contribution in [-0.4, -0.2) is 37.5 Å². The summed E-state index contributed by atoms with van der Waals surface area (Å²) in [5.74, 6) is 0.919. The first-order valence-corrected chi connectivity index (χ1v) is 6.76. The van der Waals surface area contributed by atoms with E-state index in [-0.39, 0.29) is 11.3 Å². The fraction of sp³-hybridized carbons (Fsp3) is 0.846. The minimum Gasteiger partial charge on any atom is -0.357 e. The molecule has 104 valence electrons. The number of nitrogens with zero attached hydrogens (tertiary/aromatic N) is 1. The van der Waals surface area contributed by atoms with Gasteiger partial charge in [-0.3, -0.25) is 9.79 Å². The van der Waals surface area contributed by atoms with Crippen LogP contribution < -0.4 is 16.0 Å². The van der Waals surface area contributed by atoms with Crippen LogP contribution in [0.15, 0.2) is 4.99 Å². The third-order valence-corrected chi connectivity index (χ3v) is 2.61. The van der Waals surface area contributed by atoms with Crippen molar-refractivity contribution >= 4 is 11.9 Å². The lowest BCUT2D eigenvalue weighted by atomic mass is 9.96. The average molecular weight is 254 g/mol. The van der Waals surface area contributed by atoms with E-state index in [2.05, 4.69) is 20.9 Å². The molecule has 0 aromatic carbocycles. The number of amides is 1. The van der Waals surface area contributed by atoms with E-state index in [0.29, 0.717) is 19.1 Å². The molecular weight excluding hydrogens is 228 g/mol. The summed E-state index contributed by atoms with van der Waals surface area (Å²) in [6.07, 6.45) is 2.45. The van der Waals surface area contributed by atoms with Crippen molar-refractivity contribution < 1.29 is 4.79 Å². The number of aliphatic imine (C=N–C) groups is 1. The van der Waals surface area contributed by atoms with Crippen molar-refractivity contribution in [2.45, 2.75) is 46.6 Å². The Bertz CT molecular complexity index is 303. The van der Waals surface area contributed by atoms with Gasteiger partial charge in [-0.2, -0.15) is 0 Å². The number of guanidine groups is 1. The van der Waals surface area contributed by atoms with Gasteiger partial charge in [-0.15, -0.1) is 0 Å². The summed E-state index contributed by atoms with van der Waals surface area (Å²) >= 11 is 0. The van der Waals surface area contributed by atoms with Crippen LogP contribution >= 0.6 is 0 Å². The number of rotatable bonds is 5. The molecule has 0 aromatic heterocycles. The van der Waals surface area contributed by atoms with Crippen LogP contribution in [0.2, 0.25) is 0 Å². The minimum absolute atomic E-state index is 0.0675. The Morgan fingerprint density at radius 1 is 1.28 bits per heavy atom. The molecule has 18 heavy (non-hydrogen) atoms. The first kappa shape index (κ1) is 14.8. The van der Waals surface area contributed by atoms with Gasteiger partial charge < -0.3 is 16.0 Å². The first-order chi connectivity index (χ1) is 8.43. The maximum absolute atomic E-state index is 11.6. The monoisotopic (exact) mass is 254 g/mol. The van der Waals surface area contributed by atoms with E-state index in [1.807, 2.05) is 27.7 Å². The molecule has 1 rings (SSSR count). The Morgan fingerprint density at radius 3 is 2.44 bits per heavy atom. The molecule has 1 aliphatic rings. The zero-order chi connectivity index (χ0) is 13.6. The van der Waals surface area contributed by atoms with Crippen LogP contribution in [-0.2, 0) is 4.79 Å². The number of carbonyl (C=O) groups is 1. The molecule has 5 nitrogen and oxygen atoms in total. The molecule has 0 atom stereocenters. The standard InChI is InChI=1S/C13H26N4O/c1-5-14-12(17-10-6-7-10)16-9-8-15-11(18)13(2,3)4/h10H,5-9H2,1-4H3,(H,15,18)(H2,14,16,17). The van der Waals surface area contributed by atoms with E-state index in [1.54, 1.807) is 0 Å². The molecule has 0 aromatic rings. The SMILES string of the molecule is CCNC(=NCCNC(=O)C(C)(C)C)NC1CC1. The maximum atomic E-state index is 11.6. The predicted molar refractivity (Wildman–Crippen MR) is 74.6 cm³/mol. The lowest BCUT2D eigenvalue weighted by molar-refractivity contribution is -0.128. The molecule has 0 spiro atoms. The van der Waals surface area contributed by atoms with Gasteiger partial charge >= 0.3 is 0 Å². The number of carbonyl (C=O) groups excluding carboxylic acids is 1. The van der Waals surface area contributed by atoms with E-state index in [0.717, 1.165) is 12.5 Å². The molecule has 0 unspecified atom stereocenters. The quantitative estimate of drug-likeness (QED) is 0.387. The molecule has 0 heterocycles. The van der Waals surface area contributed by atoms with Gasteiger partial charge in [0.2, 0.25) is 5.91 Å². The van der Waals surface area contributed by atoms with Crippen molar-refractivity contribution in [3.8, 4) is 0 Å². The molecule has 5 heteroatoms. The maximum Gasteiger partial charge on any atom is 0.225 e. The molecule has 1 aliphatic carbocycles. The van der Waals surface area contributed by atoms with Gasteiger partial charge in [-0.1, -0.05) is 20.8 Å². The average Bonchev–Trinajstić information content (AvgIpc) is 3.06. The van der Waals surface area contributed by atoms with Crippen LogP contribution in [0.5, 0.6) is 0 Å². The Morgan fingerprint density at radius 2 is 1.94 bits per heavy atom. The van der Waals surface area contributed by atoms with Crippen molar-refractivity contribution in [2.75, 3.05) is 19.6 Å². The number of nitrogens with one attached hydrogen (secondary N) is 3. The van der Waals surface area contributed by atoms with E-state index in [9.17, 15) is 4.79 Å². The smallest absolute Gasteiger partial charge is 0.225 e. The molecule has 1 saturated carbocycles. The van der Waals surface area contributed by atoms with Crippen LogP contribution in [0, 0.1) is 5.41 Å². The zero-order valence-corrected chi connectivity index (χ0v) is 12.0. The third kappa shape index (κ3) is 5.89. The first-order valence-electron chi connectivity index (χ1n) is 6.76. The zero-order valence-electron chi connectivity index (χ0n) is 12.0. The van der Waals surface area contributed by atoms with E-state index in [1.165, 1.54) is 12.8 Å². The molecular formula is C13H26N4O. The number of hydrogen-bond donors (Lipinski definition) is 3. The summed E-state index contributed by atoms with van der Waals surface area (Å²) in [6.45, 7) is 9.80. The summed E-state index contributed by atoms with van der Waals surface area (Å²) in [5.41, 5.74) is -0.333.